The average molecular weight is 314 g/mol. The Morgan fingerprint density at radius 1 is 1.50 bits per heavy atom. The maximum atomic E-state index is 8.97. The predicted molar refractivity (Wildman–Crippen MR) is 66.5 cm³/mol. The standard InChI is InChI=1S/C10H7IN2S/c1-5-3-7(11)9-8(4-12)14-6(2)10(9)13-5/h3H,1-2H3. The van der Waals surface area contributed by atoms with E-state index in [2.05, 4.69) is 33.6 Å². The summed E-state index contributed by atoms with van der Waals surface area (Å²) >= 11 is 3.78. The van der Waals surface area contributed by atoms with E-state index in [1.807, 2.05) is 19.9 Å². The van der Waals surface area contributed by atoms with Crippen LogP contribution in [0.5, 0.6) is 0 Å². The quantitative estimate of drug-likeness (QED) is 0.699. The lowest BCUT2D eigenvalue weighted by Crippen LogP contribution is -1.85. The van der Waals surface area contributed by atoms with Crippen LogP contribution in [0.1, 0.15) is 15.4 Å². The Kier molecular flexibility index (Phi) is 2.45. The molecule has 0 N–H and O–H groups in total. The molecular formula is C10H7IN2S. The molecule has 2 nitrogen and oxygen atoms in total. The van der Waals surface area contributed by atoms with E-state index >= 15 is 0 Å². The van der Waals surface area contributed by atoms with Gasteiger partial charge in [0.1, 0.15) is 10.9 Å². The van der Waals surface area contributed by atoms with Crippen molar-refractivity contribution in [1.29, 1.82) is 5.26 Å². The van der Waals surface area contributed by atoms with Gasteiger partial charge in [-0.05, 0) is 42.5 Å². The minimum absolute atomic E-state index is 0.773. The van der Waals surface area contributed by atoms with Gasteiger partial charge in [0.05, 0.1) is 5.52 Å². The molecule has 0 atom stereocenters. The number of thiophene rings is 1. The number of aromatic nitrogens is 1. The lowest BCUT2D eigenvalue weighted by Gasteiger charge is -1.97. The highest BCUT2D eigenvalue weighted by molar-refractivity contribution is 14.1. The Labute approximate surface area is 99.7 Å². The topological polar surface area (TPSA) is 36.7 Å². The molecule has 2 aromatic rings. The minimum Gasteiger partial charge on any atom is -0.252 e. The fraction of sp³-hybridized carbons (Fsp3) is 0.200. The van der Waals surface area contributed by atoms with Crippen LogP contribution >= 0.6 is 33.9 Å². The zero-order valence-electron chi connectivity index (χ0n) is 7.76. The van der Waals surface area contributed by atoms with Crippen molar-refractivity contribution in [1.82, 2.24) is 4.98 Å². The third kappa shape index (κ3) is 1.41. The van der Waals surface area contributed by atoms with Gasteiger partial charge in [-0.2, -0.15) is 5.26 Å². The van der Waals surface area contributed by atoms with Crippen molar-refractivity contribution in [2.75, 3.05) is 0 Å². The molecule has 0 fully saturated rings. The molecule has 0 saturated heterocycles. The molecule has 2 rings (SSSR count). The van der Waals surface area contributed by atoms with Crippen LogP contribution < -0.4 is 0 Å². The molecule has 70 valence electrons. The first-order chi connectivity index (χ1) is 6.63. The van der Waals surface area contributed by atoms with Gasteiger partial charge >= 0.3 is 0 Å². The van der Waals surface area contributed by atoms with E-state index in [1.54, 1.807) is 0 Å². The molecule has 2 heterocycles. The van der Waals surface area contributed by atoms with Crippen molar-refractivity contribution >= 4 is 44.8 Å². The summed E-state index contributed by atoms with van der Waals surface area (Å²) in [5.74, 6) is 0. The fourth-order valence-electron chi connectivity index (χ4n) is 1.44. The third-order valence-electron chi connectivity index (χ3n) is 2.02. The second-order valence-corrected chi connectivity index (χ2v) is 5.46. The molecule has 0 amide bonds. The SMILES string of the molecule is Cc1cc(I)c2c(C#N)sc(C)c2n1. The van der Waals surface area contributed by atoms with Crippen LogP contribution in [0.25, 0.3) is 10.9 Å². The Morgan fingerprint density at radius 3 is 2.86 bits per heavy atom. The first kappa shape index (κ1) is 9.87. The lowest BCUT2D eigenvalue weighted by molar-refractivity contribution is 1.24. The summed E-state index contributed by atoms with van der Waals surface area (Å²) in [5.41, 5.74) is 1.99. The molecule has 0 saturated carbocycles. The molecule has 0 aliphatic rings. The van der Waals surface area contributed by atoms with Gasteiger partial charge in [-0.1, -0.05) is 0 Å². The maximum absolute atomic E-state index is 8.97. The molecule has 2 aromatic heterocycles. The first-order valence-electron chi connectivity index (χ1n) is 4.10. The number of nitrogens with zero attached hydrogens (tertiary/aromatic N) is 2. The first-order valence-corrected chi connectivity index (χ1v) is 5.99. The molecule has 0 bridgehead atoms. The van der Waals surface area contributed by atoms with Crippen molar-refractivity contribution < 1.29 is 0 Å². The number of hydrogen-bond donors (Lipinski definition) is 0. The normalized spacial score (nSPS) is 10.4. The van der Waals surface area contributed by atoms with Crippen molar-refractivity contribution in [2.45, 2.75) is 13.8 Å². The van der Waals surface area contributed by atoms with Gasteiger partial charge in [0.25, 0.3) is 0 Å². The van der Waals surface area contributed by atoms with Crippen molar-refractivity contribution in [3.8, 4) is 6.07 Å². The molecule has 0 aliphatic carbocycles. The van der Waals surface area contributed by atoms with Crippen LogP contribution in [-0.2, 0) is 0 Å². The number of aryl methyl sites for hydroxylation is 2. The van der Waals surface area contributed by atoms with Gasteiger partial charge in [-0.25, -0.2) is 0 Å². The van der Waals surface area contributed by atoms with Gasteiger partial charge in [0.2, 0.25) is 0 Å². The highest BCUT2D eigenvalue weighted by Gasteiger charge is 2.12. The van der Waals surface area contributed by atoms with E-state index in [0.29, 0.717) is 0 Å². The van der Waals surface area contributed by atoms with Gasteiger partial charge in [0, 0.05) is 19.5 Å². The Bertz CT molecular complexity index is 551. The summed E-state index contributed by atoms with van der Waals surface area (Å²) in [6.07, 6.45) is 0. The molecular weight excluding hydrogens is 307 g/mol. The van der Waals surface area contributed by atoms with Crippen molar-refractivity contribution in [3.05, 3.63) is 25.1 Å². The van der Waals surface area contributed by atoms with Crippen molar-refractivity contribution in [3.63, 3.8) is 0 Å². The lowest BCUT2D eigenvalue weighted by atomic mass is 10.2. The smallest absolute Gasteiger partial charge is 0.115 e. The molecule has 4 heteroatoms. The predicted octanol–water partition coefficient (Wildman–Crippen LogP) is 3.39. The summed E-state index contributed by atoms with van der Waals surface area (Å²) < 4.78 is 1.12. The van der Waals surface area contributed by atoms with Crippen LogP contribution in [0.15, 0.2) is 6.07 Å². The average Bonchev–Trinajstić information content (AvgIpc) is 2.43. The summed E-state index contributed by atoms with van der Waals surface area (Å²) in [7, 11) is 0. The van der Waals surface area contributed by atoms with E-state index in [9.17, 15) is 0 Å². The summed E-state index contributed by atoms with van der Waals surface area (Å²) in [4.78, 5) is 6.36. The molecule has 0 radical (unpaired) electrons. The van der Waals surface area contributed by atoms with Crippen LogP contribution in [0.4, 0.5) is 0 Å². The summed E-state index contributed by atoms with van der Waals surface area (Å²) in [5, 5.41) is 9.99. The summed E-state index contributed by atoms with van der Waals surface area (Å²) in [6.45, 7) is 3.99. The fourth-order valence-corrected chi connectivity index (χ4v) is 3.50. The van der Waals surface area contributed by atoms with E-state index in [0.717, 1.165) is 29.9 Å². The van der Waals surface area contributed by atoms with Crippen LogP contribution in [0, 0.1) is 28.7 Å². The van der Waals surface area contributed by atoms with Gasteiger partial charge < -0.3 is 0 Å². The van der Waals surface area contributed by atoms with Crippen molar-refractivity contribution in [2.24, 2.45) is 0 Å². The van der Waals surface area contributed by atoms with Crippen LogP contribution in [0.3, 0.4) is 0 Å². The third-order valence-corrected chi connectivity index (χ3v) is 3.87. The number of pyridine rings is 1. The number of nitriles is 1. The van der Waals surface area contributed by atoms with Gasteiger partial charge in [-0.3, -0.25) is 4.98 Å². The zero-order chi connectivity index (χ0) is 10.3. The van der Waals surface area contributed by atoms with E-state index < -0.39 is 0 Å². The maximum Gasteiger partial charge on any atom is 0.115 e. The largest absolute Gasteiger partial charge is 0.252 e. The van der Waals surface area contributed by atoms with Crippen LogP contribution in [-0.4, -0.2) is 4.98 Å². The number of halogens is 1. The monoisotopic (exact) mass is 314 g/mol. The second-order valence-electron chi connectivity index (χ2n) is 3.07. The highest BCUT2D eigenvalue weighted by atomic mass is 127. The number of fused-ring (bicyclic) bond motifs is 1. The van der Waals surface area contributed by atoms with E-state index in [4.69, 9.17) is 5.26 Å². The summed E-state index contributed by atoms with van der Waals surface area (Å²) in [6, 6.07) is 4.23. The molecule has 0 spiro atoms. The molecule has 14 heavy (non-hydrogen) atoms. The zero-order valence-corrected chi connectivity index (χ0v) is 10.7. The molecule has 0 aliphatic heterocycles. The van der Waals surface area contributed by atoms with Gasteiger partial charge in [0.15, 0.2) is 0 Å². The van der Waals surface area contributed by atoms with Gasteiger partial charge in [-0.15, -0.1) is 11.3 Å². The second kappa shape index (κ2) is 3.48. The van der Waals surface area contributed by atoms with E-state index in [-0.39, 0.29) is 0 Å². The Balaban J connectivity index is 2.98. The number of hydrogen-bond acceptors (Lipinski definition) is 3. The number of rotatable bonds is 0. The highest BCUT2D eigenvalue weighted by Crippen LogP contribution is 2.32. The van der Waals surface area contributed by atoms with E-state index in [1.165, 1.54) is 11.3 Å². The Morgan fingerprint density at radius 2 is 2.21 bits per heavy atom. The van der Waals surface area contributed by atoms with Crippen LogP contribution in [0.2, 0.25) is 0 Å². The molecule has 0 aromatic carbocycles. The molecule has 0 unspecified atom stereocenters. The Hall–Kier alpha value is -0.670. The minimum atomic E-state index is 0.773.